The Morgan fingerprint density at radius 3 is 2.71 bits per heavy atom. The van der Waals surface area contributed by atoms with Gasteiger partial charge in [0.15, 0.2) is 0 Å². The van der Waals surface area contributed by atoms with Crippen LogP contribution in [-0.2, 0) is 25.4 Å². The van der Waals surface area contributed by atoms with E-state index in [1.54, 1.807) is 53.9 Å². The molecular formula is C24H29N7O4. The van der Waals surface area contributed by atoms with Crippen molar-refractivity contribution in [3.05, 3.63) is 52.2 Å². The highest BCUT2D eigenvalue weighted by Gasteiger charge is 2.17. The smallest absolute Gasteiger partial charge is 0.337 e. The van der Waals surface area contributed by atoms with Crippen molar-refractivity contribution in [2.45, 2.75) is 32.7 Å². The molecule has 184 valence electrons. The third-order valence-corrected chi connectivity index (χ3v) is 5.80. The first kappa shape index (κ1) is 24.0. The molecule has 35 heavy (non-hydrogen) atoms. The lowest BCUT2D eigenvalue weighted by atomic mass is 10.1. The van der Waals surface area contributed by atoms with Crippen LogP contribution in [0.15, 0.2) is 35.4 Å². The van der Waals surface area contributed by atoms with Gasteiger partial charge < -0.3 is 24.3 Å². The highest BCUT2D eigenvalue weighted by atomic mass is 16.5. The summed E-state index contributed by atoms with van der Waals surface area (Å²) in [5, 5.41) is 4.30. The van der Waals surface area contributed by atoms with E-state index in [1.807, 2.05) is 6.92 Å². The Morgan fingerprint density at radius 2 is 1.94 bits per heavy atom. The highest BCUT2D eigenvalue weighted by molar-refractivity contribution is 5.90. The lowest BCUT2D eigenvalue weighted by Gasteiger charge is -2.10. The van der Waals surface area contributed by atoms with E-state index < -0.39 is 5.97 Å². The second-order valence-corrected chi connectivity index (χ2v) is 8.36. The molecule has 4 aromatic heterocycles. The van der Waals surface area contributed by atoms with Crippen molar-refractivity contribution in [3.63, 3.8) is 0 Å². The van der Waals surface area contributed by atoms with Crippen LogP contribution in [0.4, 0.5) is 5.95 Å². The van der Waals surface area contributed by atoms with Gasteiger partial charge in [0, 0.05) is 32.5 Å². The van der Waals surface area contributed by atoms with Crippen LogP contribution in [0.5, 0.6) is 5.88 Å². The van der Waals surface area contributed by atoms with Crippen molar-refractivity contribution in [3.8, 4) is 17.1 Å². The quantitative estimate of drug-likeness (QED) is 0.286. The zero-order valence-corrected chi connectivity index (χ0v) is 20.3. The van der Waals surface area contributed by atoms with Gasteiger partial charge in [-0.25, -0.2) is 14.5 Å². The van der Waals surface area contributed by atoms with Gasteiger partial charge >= 0.3 is 5.97 Å². The standard InChI is InChI=1S/C24H29N7O4/c1-15-12-16(23(33)34-4)13-19(27-15)17-14-26-30(3)22(17)35-11-7-5-6-9-31-20-18(28-24(31)25)8-10-29(2)21(20)32/h8,10,12-14H,5-7,9,11H2,1-4H3,(H2,25,28). The number of rotatable bonds is 9. The lowest BCUT2D eigenvalue weighted by Crippen LogP contribution is -2.19. The molecule has 0 atom stereocenters. The van der Waals surface area contributed by atoms with Gasteiger partial charge in [-0.15, -0.1) is 0 Å². The molecule has 0 radical (unpaired) electrons. The molecule has 0 spiro atoms. The zero-order valence-electron chi connectivity index (χ0n) is 20.3. The van der Waals surface area contributed by atoms with E-state index in [-0.39, 0.29) is 5.56 Å². The van der Waals surface area contributed by atoms with Crippen molar-refractivity contribution in [2.75, 3.05) is 19.5 Å². The molecule has 11 heteroatoms. The van der Waals surface area contributed by atoms with Gasteiger partial charge in [0.05, 0.1) is 42.3 Å². The van der Waals surface area contributed by atoms with Gasteiger partial charge in [-0.2, -0.15) is 5.10 Å². The summed E-state index contributed by atoms with van der Waals surface area (Å²) < 4.78 is 15.8. The molecule has 0 amide bonds. The minimum Gasteiger partial charge on any atom is -0.477 e. The molecule has 4 rings (SSSR count). The van der Waals surface area contributed by atoms with Crippen molar-refractivity contribution < 1.29 is 14.3 Å². The number of carbonyl (C=O) groups excluding carboxylic acids is 1. The fraction of sp³-hybridized carbons (Fsp3) is 0.375. The van der Waals surface area contributed by atoms with Gasteiger partial charge in [-0.3, -0.25) is 9.78 Å². The fourth-order valence-corrected chi connectivity index (χ4v) is 4.01. The molecular weight excluding hydrogens is 450 g/mol. The predicted molar refractivity (Wildman–Crippen MR) is 131 cm³/mol. The number of carbonyl (C=O) groups is 1. The van der Waals surface area contributed by atoms with Crippen LogP contribution in [-0.4, -0.2) is 48.6 Å². The molecule has 0 unspecified atom stereocenters. The number of methoxy groups -OCH3 is 1. The third kappa shape index (κ3) is 4.88. The Labute approximate surface area is 202 Å². The van der Waals surface area contributed by atoms with Gasteiger partial charge in [0.1, 0.15) is 5.52 Å². The molecule has 0 saturated carbocycles. The topological polar surface area (TPSA) is 132 Å². The number of aryl methyl sites for hydroxylation is 4. The summed E-state index contributed by atoms with van der Waals surface area (Å²) in [6, 6.07) is 5.14. The maximum Gasteiger partial charge on any atom is 0.337 e. The van der Waals surface area contributed by atoms with E-state index in [1.165, 1.54) is 11.7 Å². The second-order valence-electron chi connectivity index (χ2n) is 8.36. The molecule has 0 bridgehead atoms. The minimum absolute atomic E-state index is 0.112. The van der Waals surface area contributed by atoms with Crippen LogP contribution in [0, 0.1) is 6.92 Å². The van der Waals surface area contributed by atoms with Crippen LogP contribution in [0.3, 0.4) is 0 Å². The predicted octanol–water partition coefficient (Wildman–Crippen LogP) is 2.46. The average molecular weight is 480 g/mol. The SMILES string of the molecule is COC(=O)c1cc(C)nc(-c2cnn(C)c2OCCCCCn2c(N)nc3ccn(C)c(=O)c32)c1. The first-order chi connectivity index (χ1) is 16.8. The van der Waals surface area contributed by atoms with Gasteiger partial charge in [-0.1, -0.05) is 0 Å². The molecule has 0 aromatic carbocycles. The fourth-order valence-electron chi connectivity index (χ4n) is 4.01. The number of pyridine rings is 2. The monoisotopic (exact) mass is 479 g/mol. The Kier molecular flexibility index (Phi) is 6.85. The van der Waals surface area contributed by atoms with E-state index in [0.29, 0.717) is 58.5 Å². The van der Waals surface area contributed by atoms with Crippen LogP contribution in [0.25, 0.3) is 22.3 Å². The summed E-state index contributed by atoms with van der Waals surface area (Å²) in [4.78, 5) is 33.3. The van der Waals surface area contributed by atoms with Crippen LogP contribution >= 0.6 is 0 Å². The van der Waals surface area contributed by atoms with E-state index in [9.17, 15) is 9.59 Å². The summed E-state index contributed by atoms with van der Waals surface area (Å²) in [5.41, 5.74) is 9.49. The molecule has 0 aliphatic heterocycles. The van der Waals surface area contributed by atoms with Crippen LogP contribution in [0.1, 0.15) is 35.3 Å². The van der Waals surface area contributed by atoms with Crippen LogP contribution < -0.4 is 16.0 Å². The molecule has 0 aliphatic carbocycles. The number of imidazole rings is 1. The number of fused-ring (bicyclic) bond motifs is 1. The first-order valence-electron chi connectivity index (χ1n) is 11.3. The summed E-state index contributed by atoms with van der Waals surface area (Å²) >= 11 is 0. The maximum atomic E-state index is 12.5. The van der Waals surface area contributed by atoms with Crippen molar-refractivity contribution in [1.82, 2.24) is 28.9 Å². The maximum absolute atomic E-state index is 12.5. The van der Waals surface area contributed by atoms with Gasteiger partial charge in [0.2, 0.25) is 11.8 Å². The summed E-state index contributed by atoms with van der Waals surface area (Å²) in [7, 11) is 4.85. The number of nitrogens with two attached hydrogens (primary N) is 1. The number of anilines is 1. The van der Waals surface area contributed by atoms with Crippen LogP contribution in [0.2, 0.25) is 0 Å². The van der Waals surface area contributed by atoms with E-state index in [2.05, 4.69) is 15.1 Å². The van der Waals surface area contributed by atoms with Crippen molar-refractivity contribution in [2.24, 2.45) is 14.1 Å². The van der Waals surface area contributed by atoms with E-state index in [4.69, 9.17) is 15.2 Å². The van der Waals surface area contributed by atoms with Crippen molar-refractivity contribution in [1.29, 1.82) is 0 Å². The largest absolute Gasteiger partial charge is 0.477 e. The molecule has 11 nitrogen and oxygen atoms in total. The summed E-state index contributed by atoms with van der Waals surface area (Å²) in [5.74, 6) is 0.496. The number of nitrogen functional groups attached to an aromatic ring is 1. The Bertz CT molecular complexity index is 1430. The number of esters is 1. The molecule has 0 fully saturated rings. The van der Waals surface area contributed by atoms with Gasteiger partial charge in [-0.05, 0) is 44.4 Å². The number of nitrogens with zero attached hydrogens (tertiary/aromatic N) is 6. The molecule has 2 N–H and O–H groups in total. The molecule has 0 saturated heterocycles. The lowest BCUT2D eigenvalue weighted by molar-refractivity contribution is 0.0600. The number of unbranched alkanes of at least 4 members (excludes halogenated alkanes) is 2. The summed E-state index contributed by atoms with van der Waals surface area (Å²) in [6.45, 7) is 2.89. The first-order valence-corrected chi connectivity index (χ1v) is 11.3. The Morgan fingerprint density at radius 1 is 1.14 bits per heavy atom. The number of hydrogen-bond acceptors (Lipinski definition) is 8. The highest BCUT2D eigenvalue weighted by Crippen LogP contribution is 2.29. The molecule has 0 aliphatic rings. The van der Waals surface area contributed by atoms with Crippen molar-refractivity contribution >= 4 is 23.0 Å². The van der Waals surface area contributed by atoms with Gasteiger partial charge in [0.25, 0.3) is 5.56 Å². The number of aromatic nitrogens is 6. The minimum atomic E-state index is -0.424. The third-order valence-electron chi connectivity index (χ3n) is 5.80. The number of ether oxygens (including phenoxy) is 2. The summed E-state index contributed by atoms with van der Waals surface area (Å²) in [6.07, 6.45) is 5.84. The Hall–Kier alpha value is -4.15. The number of hydrogen-bond donors (Lipinski definition) is 1. The van der Waals surface area contributed by atoms with E-state index in [0.717, 1.165) is 19.3 Å². The second kappa shape index (κ2) is 10.00. The Balaban J connectivity index is 1.38. The molecule has 4 heterocycles. The molecule has 4 aromatic rings. The zero-order chi connectivity index (χ0) is 25.1. The van der Waals surface area contributed by atoms with E-state index >= 15 is 0 Å². The average Bonchev–Trinajstić information content (AvgIpc) is 3.36. The normalized spacial score (nSPS) is 11.2.